The largest absolute Gasteiger partial charge is 0.378 e. The SMILES string of the molecule is Cc1ccc(Br)c(C(=O)Nc2cccc(N(C)C)c2)c1. The van der Waals surface area contributed by atoms with E-state index in [1.165, 1.54) is 0 Å². The Balaban J connectivity index is 2.23. The molecule has 0 aliphatic rings. The number of carbonyl (C=O) groups is 1. The van der Waals surface area contributed by atoms with Crippen molar-refractivity contribution in [2.24, 2.45) is 0 Å². The van der Waals surface area contributed by atoms with Gasteiger partial charge in [0, 0.05) is 29.9 Å². The lowest BCUT2D eigenvalue weighted by Crippen LogP contribution is -2.14. The Kier molecular flexibility index (Phi) is 4.45. The third kappa shape index (κ3) is 3.39. The molecule has 4 heteroatoms. The summed E-state index contributed by atoms with van der Waals surface area (Å²) >= 11 is 3.41. The average molecular weight is 333 g/mol. The van der Waals surface area contributed by atoms with E-state index in [1.807, 2.05) is 68.4 Å². The van der Waals surface area contributed by atoms with Gasteiger partial charge in [0.1, 0.15) is 0 Å². The molecule has 3 nitrogen and oxygen atoms in total. The van der Waals surface area contributed by atoms with Gasteiger partial charge in [-0.1, -0.05) is 17.7 Å². The van der Waals surface area contributed by atoms with E-state index in [0.717, 1.165) is 21.4 Å². The Bertz CT molecular complexity index is 638. The number of hydrogen-bond acceptors (Lipinski definition) is 2. The maximum atomic E-state index is 12.3. The number of anilines is 2. The number of hydrogen-bond donors (Lipinski definition) is 1. The van der Waals surface area contributed by atoms with Gasteiger partial charge in [-0.05, 0) is 53.2 Å². The molecule has 0 aliphatic carbocycles. The molecule has 0 heterocycles. The summed E-state index contributed by atoms with van der Waals surface area (Å²) in [5, 5.41) is 2.93. The predicted octanol–water partition coefficient (Wildman–Crippen LogP) is 4.08. The fraction of sp³-hybridized carbons (Fsp3) is 0.188. The molecule has 0 atom stereocenters. The highest BCUT2D eigenvalue weighted by molar-refractivity contribution is 9.10. The summed E-state index contributed by atoms with van der Waals surface area (Å²) in [7, 11) is 3.94. The first-order valence-electron chi connectivity index (χ1n) is 6.32. The third-order valence-electron chi connectivity index (χ3n) is 2.99. The highest BCUT2D eigenvalue weighted by Gasteiger charge is 2.10. The zero-order valence-corrected chi connectivity index (χ0v) is 13.4. The molecule has 0 saturated heterocycles. The molecule has 0 aliphatic heterocycles. The van der Waals surface area contributed by atoms with Gasteiger partial charge in [0.2, 0.25) is 0 Å². The van der Waals surface area contributed by atoms with E-state index in [0.29, 0.717) is 5.56 Å². The first-order chi connectivity index (χ1) is 9.47. The van der Waals surface area contributed by atoms with Crippen LogP contribution in [0.15, 0.2) is 46.9 Å². The summed E-state index contributed by atoms with van der Waals surface area (Å²) in [6, 6.07) is 13.5. The van der Waals surface area contributed by atoms with Crippen LogP contribution < -0.4 is 10.2 Å². The smallest absolute Gasteiger partial charge is 0.256 e. The second-order valence-corrected chi connectivity index (χ2v) is 5.74. The van der Waals surface area contributed by atoms with Crippen molar-refractivity contribution in [1.29, 1.82) is 0 Å². The van der Waals surface area contributed by atoms with Gasteiger partial charge in [0.25, 0.3) is 5.91 Å². The molecule has 1 N–H and O–H groups in total. The lowest BCUT2D eigenvalue weighted by atomic mass is 10.1. The summed E-state index contributed by atoms with van der Waals surface area (Å²) in [5.74, 6) is -0.114. The third-order valence-corrected chi connectivity index (χ3v) is 3.68. The molecule has 0 unspecified atom stereocenters. The normalized spacial score (nSPS) is 10.2. The Hall–Kier alpha value is -1.81. The van der Waals surface area contributed by atoms with E-state index in [2.05, 4.69) is 21.2 Å². The summed E-state index contributed by atoms with van der Waals surface area (Å²) in [5.41, 5.74) is 3.53. The van der Waals surface area contributed by atoms with E-state index in [9.17, 15) is 4.79 Å². The summed E-state index contributed by atoms with van der Waals surface area (Å²) in [6.45, 7) is 1.97. The van der Waals surface area contributed by atoms with E-state index in [4.69, 9.17) is 0 Å². The topological polar surface area (TPSA) is 32.3 Å². The molecule has 1 amide bonds. The molecule has 0 aromatic heterocycles. The minimum atomic E-state index is -0.114. The first-order valence-corrected chi connectivity index (χ1v) is 7.11. The number of halogens is 1. The van der Waals surface area contributed by atoms with Crippen LogP contribution in [0.2, 0.25) is 0 Å². The molecule has 0 saturated carbocycles. The molecule has 0 bridgehead atoms. The van der Waals surface area contributed by atoms with Crippen molar-refractivity contribution in [3.8, 4) is 0 Å². The number of carbonyl (C=O) groups excluding carboxylic acids is 1. The maximum absolute atomic E-state index is 12.3. The van der Waals surface area contributed by atoms with Crippen molar-refractivity contribution in [3.63, 3.8) is 0 Å². The van der Waals surface area contributed by atoms with Crippen LogP contribution in [-0.4, -0.2) is 20.0 Å². The van der Waals surface area contributed by atoms with Gasteiger partial charge in [-0.2, -0.15) is 0 Å². The van der Waals surface area contributed by atoms with Gasteiger partial charge in [-0.15, -0.1) is 0 Å². The minimum absolute atomic E-state index is 0.114. The predicted molar refractivity (Wildman–Crippen MR) is 87.6 cm³/mol. The van der Waals surface area contributed by atoms with E-state index in [-0.39, 0.29) is 5.91 Å². The molecule has 2 aromatic carbocycles. The molecule has 0 fully saturated rings. The Morgan fingerprint density at radius 2 is 1.90 bits per heavy atom. The lowest BCUT2D eigenvalue weighted by molar-refractivity contribution is 0.102. The Morgan fingerprint density at radius 3 is 2.60 bits per heavy atom. The van der Waals surface area contributed by atoms with Crippen molar-refractivity contribution in [2.45, 2.75) is 6.92 Å². The fourth-order valence-electron chi connectivity index (χ4n) is 1.87. The second kappa shape index (κ2) is 6.09. The molecular formula is C16H17BrN2O. The van der Waals surface area contributed by atoms with Gasteiger partial charge < -0.3 is 10.2 Å². The fourth-order valence-corrected chi connectivity index (χ4v) is 2.30. The summed E-state index contributed by atoms with van der Waals surface area (Å²) in [6.07, 6.45) is 0. The van der Waals surface area contributed by atoms with Crippen molar-refractivity contribution in [2.75, 3.05) is 24.3 Å². The van der Waals surface area contributed by atoms with Crippen molar-refractivity contribution in [3.05, 3.63) is 58.1 Å². The van der Waals surface area contributed by atoms with Crippen molar-refractivity contribution < 1.29 is 4.79 Å². The average Bonchev–Trinajstić information content (AvgIpc) is 2.41. The lowest BCUT2D eigenvalue weighted by Gasteiger charge is -2.14. The van der Waals surface area contributed by atoms with Gasteiger partial charge in [0.05, 0.1) is 5.56 Å². The van der Waals surface area contributed by atoms with Crippen LogP contribution in [0.3, 0.4) is 0 Å². The first kappa shape index (κ1) is 14.6. The number of amides is 1. The van der Waals surface area contributed by atoms with Crippen molar-refractivity contribution in [1.82, 2.24) is 0 Å². The zero-order valence-electron chi connectivity index (χ0n) is 11.8. The van der Waals surface area contributed by atoms with Crippen LogP contribution in [0.4, 0.5) is 11.4 Å². The van der Waals surface area contributed by atoms with Gasteiger partial charge in [-0.25, -0.2) is 0 Å². The standard InChI is InChI=1S/C16H17BrN2O/c1-11-7-8-15(17)14(9-11)16(20)18-12-5-4-6-13(10-12)19(2)3/h4-10H,1-3H3,(H,18,20). The number of rotatable bonds is 3. The molecule has 0 spiro atoms. The van der Waals surface area contributed by atoms with Crippen LogP contribution in [0.5, 0.6) is 0 Å². The van der Waals surface area contributed by atoms with Crippen molar-refractivity contribution >= 4 is 33.2 Å². The van der Waals surface area contributed by atoms with Crippen LogP contribution in [-0.2, 0) is 0 Å². The molecule has 2 aromatic rings. The van der Waals surface area contributed by atoms with Crippen LogP contribution in [0.1, 0.15) is 15.9 Å². The number of benzene rings is 2. The zero-order chi connectivity index (χ0) is 14.7. The molecule has 0 radical (unpaired) electrons. The molecule has 104 valence electrons. The second-order valence-electron chi connectivity index (χ2n) is 4.88. The van der Waals surface area contributed by atoms with Gasteiger partial charge >= 0.3 is 0 Å². The Morgan fingerprint density at radius 1 is 1.15 bits per heavy atom. The number of nitrogens with zero attached hydrogens (tertiary/aromatic N) is 1. The monoisotopic (exact) mass is 332 g/mol. The van der Waals surface area contributed by atoms with E-state index >= 15 is 0 Å². The van der Waals surface area contributed by atoms with Crippen LogP contribution in [0, 0.1) is 6.92 Å². The Labute approximate surface area is 127 Å². The highest BCUT2D eigenvalue weighted by Crippen LogP contribution is 2.21. The van der Waals surface area contributed by atoms with Crippen LogP contribution in [0.25, 0.3) is 0 Å². The van der Waals surface area contributed by atoms with Crippen LogP contribution >= 0.6 is 15.9 Å². The minimum Gasteiger partial charge on any atom is -0.378 e. The van der Waals surface area contributed by atoms with E-state index < -0.39 is 0 Å². The maximum Gasteiger partial charge on any atom is 0.256 e. The molecular weight excluding hydrogens is 316 g/mol. The van der Waals surface area contributed by atoms with E-state index in [1.54, 1.807) is 0 Å². The summed E-state index contributed by atoms with van der Waals surface area (Å²) in [4.78, 5) is 14.3. The van der Waals surface area contributed by atoms with Gasteiger partial charge in [0.15, 0.2) is 0 Å². The molecule has 20 heavy (non-hydrogen) atoms. The number of aryl methyl sites for hydroxylation is 1. The number of nitrogens with one attached hydrogen (secondary N) is 1. The molecule has 2 rings (SSSR count). The quantitative estimate of drug-likeness (QED) is 0.918. The highest BCUT2D eigenvalue weighted by atomic mass is 79.9. The summed E-state index contributed by atoms with van der Waals surface area (Å²) < 4.78 is 0.796. The van der Waals surface area contributed by atoms with Gasteiger partial charge in [-0.3, -0.25) is 4.79 Å².